The van der Waals surface area contributed by atoms with Crippen molar-refractivity contribution in [2.24, 2.45) is 17.3 Å². The molecule has 3 rings (SSSR count). The molecule has 4 atom stereocenters. The van der Waals surface area contributed by atoms with E-state index in [9.17, 15) is 14.7 Å². The average molecular weight is 289 g/mol. The lowest BCUT2D eigenvalue weighted by molar-refractivity contribution is -0.128. The summed E-state index contributed by atoms with van der Waals surface area (Å²) >= 11 is 0. The minimum atomic E-state index is -0.711. The fourth-order valence-corrected chi connectivity index (χ4v) is 3.51. The summed E-state index contributed by atoms with van der Waals surface area (Å²) in [6.45, 7) is 3.94. The first-order valence-electron chi connectivity index (χ1n) is 7.84. The predicted molar refractivity (Wildman–Crippen MR) is 79.4 cm³/mol. The number of aliphatic hydroxyl groups excluding tert-OH is 1. The molecule has 114 valence electrons. The average Bonchev–Trinajstić information content (AvgIpc) is 3.24. The smallest absolute Gasteiger partial charge is 0.223 e. The first-order chi connectivity index (χ1) is 9.90. The standard InChI is InChI=1S/C17H23NO3/c1-10(16(21)18-11-3-4-11)13-6-8-17(2)7-5-12(19)9-14(17)15(13)20/h5,7,9-11,13,15,20H,3-4,6,8H2,1-2H3,(H,18,21). The van der Waals surface area contributed by atoms with Gasteiger partial charge in [-0.3, -0.25) is 9.59 Å². The number of hydrogen-bond acceptors (Lipinski definition) is 3. The van der Waals surface area contributed by atoms with Gasteiger partial charge in [-0.15, -0.1) is 0 Å². The molecule has 3 aliphatic carbocycles. The van der Waals surface area contributed by atoms with Crippen molar-refractivity contribution in [2.45, 2.75) is 51.7 Å². The van der Waals surface area contributed by atoms with Gasteiger partial charge in [0, 0.05) is 23.3 Å². The molecular weight excluding hydrogens is 266 g/mol. The fraction of sp³-hybridized carbons (Fsp3) is 0.647. The Bertz CT molecular complexity index is 532. The van der Waals surface area contributed by atoms with Gasteiger partial charge in [0.2, 0.25) is 5.91 Å². The first-order valence-corrected chi connectivity index (χ1v) is 7.84. The van der Waals surface area contributed by atoms with E-state index < -0.39 is 6.10 Å². The van der Waals surface area contributed by atoms with Crippen molar-refractivity contribution < 1.29 is 14.7 Å². The normalized spacial score (nSPS) is 36.7. The Labute approximate surface area is 125 Å². The van der Waals surface area contributed by atoms with Crippen LogP contribution in [0.4, 0.5) is 0 Å². The van der Waals surface area contributed by atoms with E-state index in [4.69, 9.17) is 0 Å². The molecule has 0 aromatic rings. The zero-order valence-corrected chi connectivity index (χ0v) is 12.6. The summed E-state index contributed by atoms with van der Waals surface area (Å²) in [6.07, 6.45) is 8.12. The number of ketones is 1. The van der Waals surface area contributed by atoms with E-state index in [1.54, 1.807) is 12.2 Å². The molecule has 2 fully saturated rings. The van der Waals surface area contributed by atoms with Crippen molar-refractivity contribution in [3.05, 3.63) is 23.8 Å². The molecule has 2 N–H and O–H groups in total. The maximum absolute atomic E-state index is 12.2. The Morgan fingerprint density at radius 2 is 2.14 bits per heavy atom. The summed E-state index contributed by atoms with van der Waals surface area (Å²) in [4.78, 5) is 23.8. The van der Waals surface area contributed by atoms with Crippen molar-refractivity contribution >= 4 is 11.7 Å². The Morgan fingerprint density at radius 1 is 1.43 bits per heavy atom. The maximum atomic E-state index is 12.2. The zero-order valence-electron chi connectivity index (χ0n) is 12.6. The minimum Gasteiger partial charge on any atom is -0.388 e. The Kier molecular flexibility index (Phi) is 3.52. The van der Waals surface area contributed by atoms with Crippen LogP contribution in [-0.4, -0.2) is 28.9 Å². The summed E-state index contributed by atoms with van der Waals surface area (Å²) in [5.41, 5.74) is 0.536. The summed E-state index contributed by atoms with van der Waals surface area (Å²) in [6, 6.07) is 0.337. The molecule has 0 bridgehead atoms. The van der Waals surface area contributed by atoms with Crippen LogP contribution in [0.25, 0.3) is 0 Å². The van der Waals surface area contributed by atoms with Crippen molar-refractivity contribution in [1.82, 2.24) is 5.32 Å². The Balaban J connectivity index is 1.76. The van der Waals surface area contributed by atoms with E-state index in [1.165, 1.54) is 0 Å². The molecule has 2 saturated carbocycles. The van der Waals surface area contributed by atoms with Gasteiger partial charge in [0.1, 0.15) is 0 Å². The van der Waals surface area contributed by atoms with Gasteiger partial charge >= 0.3 is 0 Å². The molecule has 0 heterocycles. The van der Waals surface area contributed by atoms with Gasteiger partial charge in [0.05, 0.1) is 6.10 Å². The van der Waals surface area contributed by atoms with Crippen LogP contribution in [0.3, 0.4) is 0 Å². The molecule has 21 heavy (non-hydrogen) atoms. The second-order valence-electron chi connectivity index (χ2n) is 6.97. The molecular formula is C17H23NO3. The Hall–Kier alpha value is -1.42. The van der Waals surface area contributed by atoms with Crippen LogP contribution in [0.15, 0.2) is 23.8 Å². The van der Waals surface area contributed by atoms with E-state index >= 15 is 0 Å². The molecule has 4 nitrogen and oxygen atoms in total. The number of amides is 1. The highest BCUT2D eigenvalue weighted by Gasteiger charge is 2.45. The number of carbonyl (C=O) groups is 2. The molecule has 4 unspecified atom stereocenters. The number of carbonyl (C=O) groups excluding carboxylic acids is 2. The lowest BCUT2D eigenvalue weighted by Gasteiger charge is -2.44. The first kappa shape index (κ1) is 14.5. The van der Waals surface area contributed by atoms with E-state index in [0.717, 1.165) is 31.3 Å². The quantitative estimate of drug-likeness (QED) is 0.831. The maximum Gasteiger partial charge on any atom is 0.223 e. The lowest BCUT2D eigenvalue weighted by atomic mass is 9.62. The summed E-state index contributed by atoms with van der Waals surface area (Å²) in [5, 5.41) is 13.7. The SMILES string of the molecule is CC(C(=O)NC1CC1)C1CCC2(C)C=CC(=O)C=C2C1O. The molecule has 0 saturated heterocycles. The zero-order chi connectivity index (χ0) is 15.2. The second kappa shape index (κ2) is 5.09. The van der Waals surface area contributed by atoms with Crippen LogP contribution >= 0.6 is 0 Å². The molecule has 1 amide bonds. The number of hydrogen-bond donors (Lipinski definition) is 2. The third-order valence-electron chi connectivity index (χ3n) is 5.27. The van der Waals surface area contributed by atoms with E-state index in [2.05, 4.69) is 12.2 Å². The Morgan fingerprint density at radius 3 is 2.81 bits per heavy atom. The minimum absolute atomic E-state index is 0.0310. The number of rotatable bonds is 3. The van der Waals surface area contributed by atoms with Crippen LogP contribution in [0.1, 0.15) is 39.5 Å². The molecule has 0 aliphatic heterocycles. The number of allylic oxidation sites excluding steroid dienone is 3. The molecule has 0 aromatic heterocycles. The van der Waals surface area contributed by atoms with Crippen LogP contribution in [0.2, 0.25) is 0 Å². The van der Waals surface area contributed by atoms with Crippen LogP contribution in [0.5, 0.6) is 0 Å². The van der Waals surface area contributed by atoms with Gasteiger partial charge in [-0.25, -0.2) is 0 Å². The van der Waals surface area contributed by atoms with Crippen LogP contribution < -0.4 is 5.32 Å². The third-order valence-corrected chi connectivity index (χ3v) is 5.27. The summed E-state index contributed by atoms with van der Waals surface area (Å²) in [5.74, 6) is -0.380. The highest BCUT2D eigenvalue weighted by atomic mass is 16.3. The molecule has 0 spiro atoms. The van der Waals surface area contributed by atoms with Crippen molar-refractivity contribution in [2.75, 3.05) is 0 Å². The molecule has 0 aromatic carbocycles. The van der Waals surface area contributed by atoms with Gasteiger partial charge < -0.3 is 10.4 Å². The van der Waals surface area contributed by atoms with Gasteiger partial charge in [-0.1, -0.05) is 19.9 Å². The van der Waals surface area contributed by atoms with Crippen molar-refractivity contribution in [3.63, 3.8) is 0 Å². The van der Waals surface area contributed by atoms with Gasteiger partial charge in [0.25, 0.3) is 0 Å². The molecule has 0 radical (unpaired) electrons. The van der Waals surface area contributed by atoms with Crippen LogP contribution in [0, 0.1) is 17.3 Å². The van der Waals surface area contributed by atoms with E-state index in [1.807, 2.05) is 13.0 Å². The van der Waals surface area contributed by atoms with Gasteiger partial charge in [0.15, 0.2) is 5.78 Å². The van der Waals surface area contributed by atoms with Gasteiger partial charge in [-0.2, -0.15) is 0 Å². The number of fused-ring (bicyclic) bond motifs is 1. The molecule has 4 heteroatoms. The largest absolute Gasteiger partial charge is 0.388 e. The highest BCUT2D eigenvalue weighted by Crippen LogP contribution is 2.47. The second-order valence-corrected chi connectivity index (χ2v) is 6.97. The van der Waals surface area contributed by atoms with Gasteiger partial charge in [-0.05, 0) is 43.4 Å². The summed E-state index contributed by atoms with van der Waals surface area (Å²) in [7, 11) is 0. The van der Waals surface area contributed by atoms with E-state index in [0.29, 0.717) is 6.04 Å². The molecule has 3 aliphatic rings. The fourth-order valence-electron chi connectivity index (χ4n) is 3.51. The monoisotopic (exact) mass is 289 g/mol. The third kappa shape index (κ3) is 2.69. The highest BCUT2D eigenvalue weighted by molar-refractivity contribution is 6.01. The topological polar surface area (TPSA) is 66.4 Å². The van der Waals surface area contributed by atoms with Crippen LogP contribution in [-0.2, 0) is 9.59 Å². The predicted octanol–water partition coefficient (Wildman–Crippen LogP) is 1.74. The lowest BCUT2D eigenvalue weighted by Crippen LogP contribution is -2.45. The number of nitrogens with one attached hydrogen (secondary N) is 1. The van der Waals surface area contributed by atoms with Crippen molar-refractivity contribution in [3.8, 4) is 0 Å². The van der Waals surface area contributed by atoms with Crippen molar-refractivity contribution in [1.29, 1.82) is 0 Å². The van der Waals surface area contributed by atoms with E-state index in [-0.39, 0.29) is 28.9 Å². The number of aliphatic hydroxyl groups is 1. The summed E-state index contributed by atoms with van der Waals surface area (Å²) < 4.78 is 0.